The number of nitrogens with one attached hydrogen (secondary N) is 1. The minimum Gasteiger partial charge on any atom is -0.377 e. The molecular formula is C22H25F3N2O4S. The number of alkyl halides is 3. The molecule has 3 aliphatic rings. The number of aryl methyl sites for hydroxylation is 1. The molecule has 0 aromatic heterocycles. The molecule has 1 aromatic carbocycles. The van der Waals surface area contributed by atoms with Gasteiger partial charge in [0.2, 0.25) is 0 Å². The Labute approximate surface area is 188 Å². The number of thioether (sulfide) groups is 1. The van der Waals surface area contributed by atoms with Gasteiger partial charge < -0.3 is 9.57 Å². The van der Waals surface area contributed by atoms with Gasteiger partial charge in [-0.2, -0.15) is 13.2 Å². The first-order chi connectivity index (χ1) is 15.2. The second-order valence-electron chi connectivity index (χ2n) is 8.34. The number of nitrogens with zero attached hydrogens (tertiary/aromatic N) is 1. The number of ether oxygens (including phenoxy) is 1. The first-order valence-corrected chi connectivity index (χ1v) is 11.5. The van der Waals surface area contributed by atoms with Gasteiger partial charge in [0.15, 0.2) is 5.50 Å². The van der Waals surface area contributed by atoms with E-state index >= 15 is 0 Å². The highest BCUT2D eigenvalue weighted by Gasteiger charge is 2.50. The van der Waals surface area contributed by atoms with Gasteiger partial charge in [0.1, 0.15) is 0 Å². The Hall–Kier alpha value is -2.04. The van der Waals surface area contributed by atoms with Crippen LogP contribution in [0.25, 0.3) is 0 Å². The second kappa shape index (κ2) is 9.44. The molecule has 0 spiro atoms. The minimum atomic E-state index is -5.18. The number of rotatable bonds is 8. The average Bonchev–Trinajstić information content (AvgIpc) is 3.43. The van der Waals surface area contributed by atoms with E-state index in [1.54, 1.807) is 0 Å². The number of hydroxylamine groups is 2. The average molecular weight is 471 g/mol. The van der Waals surface area contributed by atoms with Crippen molar-refractivity contribution in [1.82, 2.24) is 10.4 Å². The Kier molecular flexibility index (Phi) is 6.83. The fourth-order valence-corrected chi connectivity index (χ4v) is 5.63. The summed E-state index contributed by atoms with van der Waals surface area (Å²) in [4.78, 5) is 28.7. The fraction of sp³-hybridized carbons (Fsp3) is 0.545. The number of halogens is 3. The van der Waals surface area contributed by atoms with Crippen molar-refractivity contribution in [2.45, 2.75) is 55.8 Å². The van der Waals surface area contributed by atoms with Crippen molar-refractivity contribution < 1.29 is 32.3 Å². The molecule has 174 valence electrons. The lowest BCUT2D eigenvalue weighted by molar-refractivity contribution is -0.239. The summed E-state index contributed by atoms with van der Waals surface area (Å²) in [7, 11) is 0. The molecule has 0 radical (unpaired) electrons. The van der Waals surface area contributed by atoms with E-state index in [1.807, 2.05) is 31.2 Å². The standard InChI is InChI=1S/C22H25F3N2O4S/c1-13-4-2-3-5-16(13)12-30-9-8-18-19(28)27(31-20(29)22(23,24)25)21(32-18)26-17-11-14-6-7-15(17)10-14/h2-7,14-15,17-18,21,26H,8-12H2,1H3. The molecule has 1 aromatic rings. The third kappa shape index (κ3) is 5.13. The zero-order valence-corrected chi connectivity index (χ0v) is 18.3. The lowest BCUT2D eigenvalue weighted by Gasteiger charge is -2.28. The molecule has 5 unspecified atom stereocenters. The monoisotopic (exact) mass is 470 g/mol. The van der Waals surface area contributed by atoms with E-state index < -0.39 is 28.8 Å². The van der Waals surface area contributed by atoms with Gasteiger partial charge in [0.25, 0.3) is 5.91 Å². The van der Waals surface area contributed by atoms with Crippen LogP contribution in [0.5, 0.6) is 0 Å². The first kappa shape index (κ1) is 23.1. The van der Waals surface area contributed by atoms with Crippen molar-refractivity contribution in [3.8, 4) is 0 Å². The molecule has 2 bridgehead atoms. The topological polar surface area (TPSA) is 67.9 Å². The van der Waals surface area contributed by atoms with E-state index in [0.29, 0.717) is 24.0 Å². The lowest BCUT2D eigenvalue weighted by Crippen LogP contribution is -2.49. The molecule has 2 aliphatic carbocycles. The van der Waals surface area contributed by atoms with Gasteiger partial charge in [-0.25, -0.2) is 4.79 Å². The van der Waals surface area contributed by atoms with E-state index in [9.17, 15) is 22.8 Å². The van der Waals surface area contributed by atoms with Crippen LogP contribution in [-0.2, 0) is 25.8 Å². The summed E-state index contributed by atoms with van der Waals surface area (Å²) >= 11 is 1.16. The van der Waals surface area contributed by atoms with Crippen molar-refractivity contribution >= 4 is 23.6 Å². The Bertz CT molecular complexity index is 894. The van der Waals surface area contributed by atoms with Crippen molar-refractivity contribution in [2.75, 3.05) is 6.61 Å². The van der Waals surface area contributed by atoms with Crippen LogP contribution >= 0.6 is 11.8 Å². The smallest absolute Gasteiger partial charge is 0.377 e. The number of amides is 1. The van der Waals surface area contributed by atoms with Crippen LogP contribution in [0.1, 0.15) is 30.4 Å². The van der Waals surface area contributed by atoms with Gasteiger partial charge in [0, 0.05) is 12.6 Å². The van der Waals surface area contributed by atoms with Gasteiger partial charge in [-0.1, -0.05) is 36.4 Å². The Morgan fingerprint density at radius 2 is 2.03 bits per heavy atom. The van der Waals surface area contributed by atoms with Crippen molar-refractivity contribution in [1.29, 1.82) is 0 Å². The van der Waals surface area contributed by atoms with Crippen molar-refractivity contribution in [2.24, 2.45) is 11.8 Å². The SMILES string of the molecule is Cc1ccccc1COCCC1SC(NC2CC3C=CC2C3)N(OC(=O)C(F)(F)F)C1=O. The lowest BCUT2D eigenvalue weighted by atomic mass is 10.0. The van der Waals surface area contributed by atoms with E-state index in [-0.39, 0.29) is 18.6 Å². The molecule has 2 fully saturated rings. The van der Waals surface area contributed by atoms with E-state index in [0.717, 1.165) is 35.7 Å². The first-order valence-electron chi connectivity index (χ1n) is 10.6. The van der Waals surface area contributed by atoms with Crippen molar-refractivity contribution in [3.63, 3.8) is 0 Å². The second-order valence-corrected chi connectivity index (χ2v) is 9.63. The molecule has 4 rings (SSSR count). The molecule has 10 heteroatoms. The van der Waals surface area contributed by atoms with Gasteiger partial charge in [0.05, 0.1) is 11.9 Å². The number of hydrogen-bond acceptors (Lipinski definition) is 6. The summed E-state index contributed by atoms with van der Waals surface area (Å²) < 4.78 is 44.0. The molecule has 1 heterocycles. The maximum atomic E-state index is 12.8. The molecule has 1 amide bonds. The van der Waals surface area contributed by atoms with Crippen LogP contribution in [0, 0.1) is 18.8 Å². The number of hydrogen-bond donors (Lipinski definition) is 1. The Morgan fingerprint density at radius 3 is 2.69 bits per heavy atom. The highest BCUT2D eigenvalue weighted by atomic mass is 32.2. The van der Waals surface area contributed by atoms with Gasteiger partial charge in [-0.15, -0.1) is 16.8 Å². The molecule has 1 aliphatic heterocycles. The number of carbonyl (C=O) groups excluding carboxylic acids is 2. The zero-order valence-electron chi connectivity index (χ0n) is 17.5. The number of fused-ring (bicyclic) bond motifs is 2. The molecule has 6 nitrogen and oxygen atoms in total. The molecule has 5 atom stereocenters. The number of allylic oxidation sites excluding steroid dienone is 1. The van der Waals surface area contributed by atoms with Crippen molar-refractivity contribution in [3.05, 3.63) is 47.5 Å². The summed E-state index contributed by atoms with van der Waals surface area (Å²) in [5.74, 6) is -2.35. The predicted molar refractivity (Wildman–Crippen MR) is 112 cm³/mol. The highest BCUT2D eigenvalue weighted by Crippen LogP contribution is 2.41. The fourth-order valence-electron chi connectivity index (χ4n) is 4.36. The van der Waals surface area contributed by atoms with Gasteiger partial charge >= 0.3 is 12.1 Å². The number of benzene rings is 1. The van der Waals surface area contributed by atoms with Crippen LogP contribution < -0.4 is 5.32 Å². The maximum absolute atomic E-state index is 12.8. The van der Waals surface area contributed by atoms with Crippen LogP contribution in [0.4, 0.5) is 13.2 Å². The molecule has 32 heavy (non-hydrogen) atoms. The molecule has 1 saturated heterocycles. The van der Waals surface area contributed by atoms with Crippen LogP contribution in [0.2, 0.25) is 0 Å². The maximum Gasteiger partial charge on any atom is 0.493 e. The van der Waals surface area contributed by atoms with Gasteiger partial charge in [-0.05, 0) is 49.1 Å². The molecule has 1 N–H and O–H groups in total. The Balaban J connectivity index is 1.36. The van der Waals surface area contributed by atoms with Gasteiger partial charge in [-0.3, -0.25) is 10.1 Å². The largest absolute Gasteiger partial charge is 0.493 e. The van der Waals surface area contributed by atoms with Crippen LogP contribution in [0.15, 0.2) is 36.4 Å². The number of carbonyl (C=O) groups is 2. The van der Waals surface area contributed by atoms with E-state index in [2.05, 4.69) is 22.3 Å². The minimum absolute atomic E-state index is 0.0263. The summed E-state index contributed by atoms with van der Waals surface area (Å²) in [5, 5.41) is 3.12. The summed E-state index contributed by atoms with van der Waals surface area (Å²) in [6, 6.07) is 7.80. The highest BCUT2D eigenvalue weighted by molar-refractivity contribution is 8.01. The summed E-state index contributed by atoms with van der Waals surface area (Å²) in [6.45, 7) is 2.61. The predicted octanol–water partition coefficient (Wildman–Crippen LogP) is 3.70. The van der Waals surface area contributed by atoms with E-state index in [4.69, 9.17) is 4.74 Å². The quantitative estimate of drug-likeness (QED) is 0.462. The summed E-state index contributed by atoms with van der Waals surface area (Å²) in [5.41, 5.74) is 1.25. The summed E-state index contributed by atoms with van der Waals surface area (Å²) in [6.07, 6.45) is 1.19. The van der Waals surface area contributed by atoms with Crippen LogP contribution in [-0.4, -0.2) is 46.5 Å². The molecular weight excluding hydrogens is 445 g/mol. The molecule has 1 saturated carbocycles. The third-order valence-corrected chi connectivity index (χ3v) is 7.44. The third-order valence-electron chi connectivity index (χ3n) is 6.09. The zero-order chi connectivity index (χ0) is 22.9. The Morgan fingerprint density at radius 1 is 1.25 bits per heavy atom. The van der Waals surface area contributed by atoms with E-state index in [1.165, 1.54) is 0 Å². The van der Waals surface area contributed by atoms with Crippen LogP contribution in [0.3, 0.4) is 0 Å². The normalized spacial score (nSPS) is 29.2.